The Kier molecular flexibility index (Phi) is 6.27. The molecule has 1 atom stereocenters. The molecule has 1 heterocycles. The van der Waals surface area contributed by atoms with Gasteiger partial charge in [0.1, 0.15) is 23.2 Å². The molecule has 178 valence electrons. The van der Waals surface area contributed by atoms with E-state index in [0.29, 0.717) is 22.5 Å². The number of rotatable bonds is 8. The smallest absolute Gasteiger partial charge is 0.141 e. The van der Waals surface area contributed by atoms with E-state index in [2.05, 4.69) is 15.0 Å². The van der Waals surface area contributed by atoms with Gasteiger partial charge in [-0.15, -0.1) is 0 Å². The van der Waals surface area contributed by atoms with Crippen LogP contribution < -0.4 is 10.0 Å². The Balaban J connectivity index is 1.61. The number of anilines is 1. The second-order valence-electron chi connectivity index (χ2n) is 8.34. The highest BCUT2D eigenvalue weighted by molar-refractivity contribution is 7.93. The van der Waals surface area contributed by atoms with Gasteiger partial charge in [0.05, 0.1) is 28.1 Å². The summed E-state index contributed by atoms with van der Waals surface area (Å²) in [5.74, 6) is -1.32. The van der Waals surface area contributed by atoms with Crippen LogP contribution in [0.25, 0.3) is 33.4 Å². The lowest BCUT2D eigenvalue weighted by atomic mass is 10.0. The molecule has 1 saturated carbocycles. The third-order valence-corrected chi connectivity index (χ3v) is 7.33. The van der Waals surface area contributed by atoms with Crippen LogP contribution >= 0.6 is 0 Å². The zero-order valence-electron chi connectivity index (χ0n) is 18.9. The number of nitrogens with one attached hydrogen (secondary N) is 3. The van der Waals surface area contributed by atoms with Crippen molar-refractivity contribution in [3.05, 3.63) is 84.3 Å². The SMILES string of the molecule is CN/C=C(\C=N)c1ccc2c(c1)ncn2-c1cc(N[S+]([O-])C2CC2)cc(-c2ccc(F)cc2F)c1. The molecule has 0 saturated heterocycles. The number of imidazole rings is 1. The standard InChI is InChI=1S/C26H23F2N5OS/c1-30-14-18(13-29)16-2-7-26-25(10-16)31-15-33(26)21-9-17(23-6-3-19(27)11-24(23)28)8-20(12-21)32-35(34)22-4-5-22/h2-3,6-15,22,29-30,32H,4-5H2,1H3/b18-14+,29-13?. The molecule has 35 heavy (non-hydrogen) atoms. The van der Waals surface area contributed by atoms with Crippen molar-refractivity contribution in [1.82, 2.24) is 14.9 Å². The Morgan fingerprint density at radius 1 is 1.14 bits per heavy atom. The Hall–Kier alpha value is -3.69. The van der Waals surface area contributed by atoms with Crippen LogP contribution in [0.15, 0.2) is 67.1 Å². The molecular weight excluding hydrogens is 468 g/mol. The minimum atomic E-state index is -1.24. The summed E-state index contributed by atoms with van der Waals surface area (Å²) in [5, 5.41) is 10.7. The summed E-state index contributed by atoms with van der Waals surface area (Å²) < 4.78 is 45.6. The number of nitrogens with zero attached hydrogens (tertiary/aromatic N) is 2. The van der Waals surface area contributed by atoms with Crippen molar-refractivity contribution < 1.29 is 13.3 Å². The first-order valence-corrected chi connectivity index (χ1v) is 12.3. The highest BCUT2D eigenvalue weighted by atomic mass is 32.2. The maximum Gasteiger partial charge on any atom is 0.141 e. The number of aromatic nitrogens is 2. The van der Waals surface area contributed by atoms with Gasteiger partial charge in [-0.25, -0.2) is 18.5 Å². The summed E-state index contributed by atoms with van der Waals surface area (Å²) in [4.78, 5) is 4.53. The van der Waals surface area contributed by atoms with Crippen molar-refractivity contribution in [1.29, 1.82) is 5.41 Å². The maximum absolute atomic E-state index is 14.6. The molecule has 3 N–H and O–H groups in total. The fourth-order valence-electron chi connectivity index (χ4n) is 3.93. The van der Waals surface area contributed by atoms with Crippen LogP contribution in [-0.2, 0) is 11.4 Å². The quantitative estimate of drug-likeness (QED) is 0.227. The Bertz CT molecular complexity index is 1450. The van der Waals surface area contributed by atoms with E-state index in [-0.39, 0.29) is 10.8 Å². The van der Waals surface area contributed by atoms with Gasteiger partial charge < -0.3 is 15.3 Å². The van der Waals surface area contributed by atoms with Crippen LogP contribution in [0.1, 0.15) is 18.4 Å². The van der Waals surface area contributed by atoms with Gasteiger partial charge in [-0.3, -0.25) is 4.57 Å². The molecule has 0 amide bonds. The molecule has 0 bridgehead atoms. The zero-order chi connectivity index (χ0) is 24.5. The molecule has 0 radical (unpaired) electrons. The predicted molar refractivity (Wildman–Crippen MR) is 137 cm³/mol. The average Bonchev–Trinajstić information content (AvgIpc) is 3.61. The van der Waals surface area contributed by atoms with Crippen molar-refractivity contribution >= 4 is 39.9 Å². The van der Waals surface area contributed by atoms with Crippen LogP contribution in [0, 0.1) is 17.0 Å². The molecule has 4 aromatic rings. The summed E-state index contributed by atoms with van der Waals surface area (Å²) in [6, 6.07) is 14.5. The van der Waals surface area contributed by atoms with Gasteiger partial charge in [0.2, 0.25) is 0 Å². The van der Waals surface area contributed by atoms with Crippen LogP contribution in [0.5, 0.6) is 0 Å². The monoisotopic (exact) mass is 491 g/mol. The van der Waals surface area contributed by atoms with Crippen LogP contribution in [0.3, 0.4) is 0 Å². The van der Waals surface area contributed by atoms with Gasteiger partial charge in [0, 0.05) is 55.2 Å². The highest BCUT2D eigenvalue weighted by Gasteiger charge is 2.35. The molecule has 3 aromatic carbocycles. The van der Waals surface area contributed by atoms with Gasteiger partial charge in [0.25, 0.3) is 0 Å². The molecule has 0 spiro atoms. The highest BCUT2D eigenvalue weighted by Crippen LogP contribution is 2.34. The summed E-state index contributed by atoms with van der Waals surface area (Å²) in [5.41, 5.74) is 5.13. The summed E-state index contributed by atoms with van der Waals surface area (Å²) in [7, 11) is 1.77. The van der Waals surface area contributed by atoms with Gasteiger partial charge >= 0.3 is 0 Å². The summed E-state index contributed by atoms with van der Waals surface area (Å²) in [6.45, 7) is 0. The molecule has 1 fully saturated rings. The second kappa shape index (κ2) is 9.52. The van der Waals surface area contributed by atoms with Gasteiger partial charge in [-0.1, -0.05) is 6.07 Å². The first-order chi connectivity index (χ1) is 17.0. The molecule has 9 heteroatoms. The Morgan fingerprint density at radius 2 is 1.97 bits per heavy atom. The molecule has 6 nitrogen and oxygen atoms in total. The van der Waals surface area contributed by atoms with E-state index in [9.17, 15) is 13.3 Å². The number of fused-ring (bicyclic) bond motifs is 1. The molecule has 1 aromatic heterocycles. The summed E-state index contributed by atoms with van der Waals surface area (Å²) in [6.07, 6.45) is 6.50. The van der Waals surface area contributed by atoms with Crippen molar-refractivity contribution in [2.24, 2.45) is 0 Å². The molecular formula is C26H23F2N5OS. The van der Waals surface area contributed by atoms with E-state index in [1.807, 2.05) is 28.8 Å². The number of allylic oxidation sites excluding steroid dienone is 1. The van der Waals surface area contributed by atoms with Gasteiger partial charge in [0.15, 0.2) is 0 Å². The molecule has 1 aliphatic carbocycles. The van der Waals surface area contributed by atoms with Gasteiger partial charge in [-0.05, 0) is 53.6 Å². The maximum atomic E-state index is 14.6. The fourth-order valence-corrected chi connectivity index (χ4v) is 5.01. The Labute approximate surface area is 204 Å². The second-order valence-corrected chi connectivity index (χ2v) is 9.81. The lowest BCUT2D eigenvalue weighted by Crippen LogP contribution is -2.17. The largest absolute Gasteiger partial charge is 0.593 e. The predicted octanol–water partition coefficient (Wildman–Crippen LogP) is 5.42. The van der Waals surface area contributed by atoms with E-state index < -0.39 is 23.0 Å². The number of halogens is 2. The third-order valence-electron chi connectivity index (χ3n) is 5.82. The van der Waals surface area contributed by atoms with E-state index in [1.165, 1.54) is 18.3 Å². The number of benzene rings is 3. The van der Waals surface area contributed by atoms with Crippen LogP contribution in [0.4, 0.5) is 14.5 Å². The first-order valence-electron chi connectivity index (χ1n) is 11.1. The molecule has 0 aliphatic heterocycles. The molecule has 1 unspecified atom stereocenters. The van der Waals surface area contributed by atoms with E-state index in [1.54, 1.807) is 31.7 Å². The zero-order valence-corrected chi connectivity index (χ0v) is 19.7. The molecule has 5 rings (SSSR count). The third kappa shape index (κ3) is 4.78. The van der Waals surface area contributed by atoms with Crippen LogP contribution in [-0.4, -0.2) is 32.6 Å². The lowest BCUT2D eigenvalue weighted by molar-refractivity contribution is 0.585. The van der Waals surface area contributed by atoms with E-state index in [0.717, 1.165) is 35.5 Å². The van der Waals surface area contributed by atoms with Crippen molar-refractivity contribution in [3.8, 4) is 16.8 Å². The number of hydrogen-bond acceptors (Lipinski definition) is 5. The minimum Gasteiger partial charge on any atom is -0.593 e. The lowest BCUT2D eigenvalue weighted by Gasteiger charge is -2.15. The van der Waals surface area contributed by atoms with Crippen LogP contribution in [0.2, 0.25) is 0 Å². The van der Waals surface area contributed by atoms with E-state index in [4.69, 9.17) is 5.41 Å². The van der Waals surface area contributed by atoms with Gasteiger partial charge in [-0.2, -0.15) is 0 Å². The Morgan fingerprint density at radius 3 is 2.69 bits per heavy atom. The van der Waals surface area contributed by atoms with Crippen molar-refractivity contribution in [2.75, 3.05) is 11.8 Å². The van der Waals surface area contributed by atoms with E-state index >= 15 is 0 Å². The molecule has 1 aliphatic rings. The fraction of sp³-hybridized carbons (Fsp3) is 0.154. The first kappa shape index (κ1) is 23.1. The minimum absolute atomic E-state index is 0.117. The van der Waals surface area contributed by atoms with Crippen molar-refractivity contribution in [3.63, 3.8) is 0 Å². The normalized spacial score (nSPS) is 14.7. The summed E-state index contributed by atoms with van der Waals surface area (Å²) >= 11 is -1.24. The number of hydrogen-bond donors (Lipinski definition) is 3. The van der Waals surface area contributed by atoms with Crippen molar-refractivity contribution in [2.45, 2.75) is 18.1 Å². The topological polar surface area (TPSA) is 88.8 Å². The average molecular weight is 492 g/mol.